The molecule has 0 saturated heterocycles. The van der Waals surface area contributed by atoms with Crippen LogP contribution in [-0.2, 0) is 16.1 Å². The van der Waals surface area contributed by atoms with Crippen LogP contribution in [0.5, 0.6) is 0 Å². The molecule has 19 heavy (non-hydrogen) atoms. The van der Waals surface area contributed by atoms with Crippen molar-refractivity contribution in [1.82, 2.24) is 5.32 Å². The first-order valence-electron chi connectivity index (χ1n) is 6.88. The van der Waals surface area contributed by atoms with Gasteiger partial charge in [-0.3, -0.25) is 10.1 Å². The van der Waals surface area contributed by atoms with E-state index in [1.165, 1.54) is 18.4 Å². The van der Waals surface area contributed by atoms with E-state index in [1.54, 1.807) is 11.3 Å². The lowest BCUT2D eigenvalue weighted by Crippen LogP contribution is -2.63. The van der Waals surface area contributed by atoms with Gasteiger partial charge in [0, 0.05) is 11.4 Å². The Morgan fingerprint density at radius 2 is 2.16 bits per heavy atom. The van der Waals surface area contributed by atoms with Gasteiger partial charge >= 0.3 is 5.97 Å². The molecule has 3 nitrogen and oxygen atoms in total. The predicted octanol–water partition coefficient (Wildman–Crippen LogP) is 3.35. The number of rotatable bonds is 4. The molecule has 0 aromatic carbocycles. The van der Waals surface area contributed by atoms with Crippen molar-refractivity contribution in [2.75, 3.05) is 7.11 Å². The standard InChI is InChI=1S/C15H23NO2S/c1-14(2)8-4-5-9-15(14,13(17)18-3)16-11-12-7-6-10-19-12/h6-7,10,16H,4-5,8-9,11H2,1-3H3. The molecule has 0 bridgehead atoms. The molecule has 0 radical (unpaired) electrons. The van der Waals surface area contributed by atoms with Crippen molar-refractivity contribution in [1.29, 1.82) is 0 Å². The Balaban J connectivity index is 2.21. The van der Waals surface area contributed by atoms with E-state index in [0.717, 1.165) is 25.8 Å². The molecule has 1 saturated carbocycles. The number of carbonyl (C=O) groups excluding carboxylic acids is 1. The normalized spacial score (nSPS) is 26.1. The Kier molecular flexibility index (Phi) is 4.31. The molecule has 2 rings (SSSR count). The zero-order chi connectivity index (χ0) is 13.9. The number of carbonyl (C=O) groups is 1. The minimum absolute atomic E-state index is 0.0738. The second-order valence-electron chi connectivity index (χ2n) is 5.92. The van der Waals surface area contributed by atoms with Gasteiger partial charge in [0.05, 0.1) is 7.11 Å². The summed E-state index contributed by atoms with van der Waals surface area (Å²) in [5.74, 6) is -0.117. The van der Waals surface area contributed by atoms with Crippen molar-refractivity contribution in [2.45, 2.75) is 51.6 Å². The number of thiophene rings is 1. The van der Waals surface area contributed by atoms with Gasteiger partial charge < -0.3 is 4.74 Å². The monoisotopic (exact) mass is 281 g/mol. The van der Waals surface area contributed by atoms with Gasteiger partial charge in [-0.05, 0) is 29.7 Å². The molecule has 1 aliphatic rings. The smallest absolute Gasteiger partial charge is 0.326 e. The van der Waals surface area contributed by atoms with E-state index in [-0.39, 0.29) is 11.4 Å². The van der Waals surface area contributed by atoms with Crippen molar-refractivity contribution < 1.29 is 9.53 Å². The van der Waals surface area contributed by atoms with Gasteiger partial charge in [-0.25, -0.2) is 0 Å². The van der Waals surface area contributed by atoms with Gasteiger partial charge in [-0.15, -0.1) is 11.3 Å². The molecule has 1 unspecified atom stereocenters. The summed E-state index contributed by atoms with van der Waals surface area (Å²) >= 11 is 1.72. The lowest BCUT2D eigenvalue weighted by molar-refractivity contribution is -0.157. The summed E-state index contributed by atoms with van der Waals surface area (Å²) in [7, 11) is 1.49. The van der Waals surface area contributed by atoms with Gasteiger partial charge in [-0.1, -0.05) is 32.8 Å². The number of hydrogen-bond acceptors (Lipinski definition) is 4. The Morgan fingerprint density at radius 3 is 2.74 bits per heavy atom. The van der Waals surface area contributed by atoms with Crippen LogP contribution in [0.3, 0.4) is 0 Å². The topological polar surface area (TPSA) is 38.3 Å². The van der Waals surface area contributed by atoms with Crippen molar-refractivity contribution in [3.05, 3.63) is 22.4 Å². The molecule has 1 atom stereocenters. The van der Waals surface area contributed by atoms with E-state index >= 15 is 0 Å². The van der Waals surface area contributed by atoms with Crippen LogP contribution in [0, 0.1) is 5.41 Å². The second kappa shape index (κ2) is 5.63. The second-order valence-corrected chi connectivity index (χ2v) is 6.95. The average Bonchev–Trinajstić information content (AvgIpc) is 2.89. The third-order valence-electron chi connectivity index (χ3n) is 4.44. The van der Waals surface area contributed by atoms with Crippen molar-refractivity contribution in [3.63, 3.8) is 0 Å². The average molecular weight is 281 g/mol. The van der Waals surface area contributed by atoms with E-state index in [0.29, 0.717) is 0 Å². The summed E-state index contributed by atoms with van der Waals surface area (Å²) in [6.45, 7) is 5.07. The summed E-state index contributed by atoms with van der Waals surface area (Å²) in [6.07, 6.45) is 4.18. The van der Waals surface area contributed by atoms with Crippen LogP contribution >= 0.6 is 11.3 Å². The molecule has 0 spiro atoms. The summed E-state index contributed by atoms with van der Waals surface area (Å²) in [5.41, 5.74) is -0.625. The molecule has 1 N–H and O–H groups in total. The van der Waals surface area contributed by atoms with Gasteiger partial charge in [0.25, 0.3) is 0 Å². The van der Waals surface area contributed by atoms with E-state index in [1.807, 2.05) is 6.07 Å². The summed E-state index contributed by atoms with van der Waals surface area (Å²) in [4.78, 5) is 13.6. The Morgan fingerprint density at radius 1 is 1.42 bits per heavy atom. The van der Waals surface area contributed by atoms with E-state index in [4.69, 9.17) is 4.74 Å². The Hall–Kier alpha value is -0.870. The zero-order valence-corrected chi connectivity index (χ0v) is 12.8. The molecule has 1 aliphatic carbocycles. The molecule has 0 amide bonds. The summed E-state index contributed by atoms with van der Waals surface area (Å²) < 4.78 is 5.10. The zero-order valence-electron chi connectivity index (χ0n) is 12.0. The first-order chi connectivity index (χ1) is 9.02. The van der Waals surface area contributed by atoms with Crippen molar-refractivity contribution >= 4 is 17.3 Å². The van der Waals surface area contributed by atoms with E-state index in [2.05, 4.69) is 30.6 Å². The van der Waals surface area contributed by atoms with Crippen molar-refractivity contribution in [3.8, 4) is 0 Å². The predicted molar refractivity (Wildman–Crippen MR) is 78.2 cm³/mol. The number of ether oxygens (including phenoxy) is 1. The molecular weight excluding hydrogens is 258 g/mol. The summed E-state index contributed by atoms with van der Waals surface area (Å²) in [6, 6.07) is 4.14. The van der Waals surface area contributed by atoms with Gasteiger partial charge in [0.1, 0.15) is 5.54 Å². The minimum atomic E-state index is -0.552. The van der Waals surface area contributed by atoms with Crippen LogP contribution in [0.4, 0.5) is 0 Å². The fourth-order valence-electron chi connectivity index (χ4n) is 3.11. The molecule has 1 aromatic heterocycles. The maximum Gasteiger partial charge on any atom is 0.326 e. The number of hydrogen-bond donors (Lipinski definition) is 1. The van der Waals surface area contributed by atoms with Crippen molar-refractivity contribution in [2.24, 2.45) is 5.41 Å². The Labute approximate surface area is 119 Å². The number of esters is 1. The van der Waals surface area contributed by atoms with Crippen LogP contribution in [-0.4, -0.2) is 18.6 Å². The highest BCUT2D eigenvalue weighted by atomic mass is 32.1. The SMILES string of the molecule is COC(=O)C1(NCc2cccs2)CCCCC1(C)C. The molecule has 1 aromatic rings. The van der Waals surface area contributed by atoms with Gasteiger partial charge in [0.15, 0.2) is 0 Å². The van der Waals surface area contributed by atoms with Crippen LogP contribution in [0.1, 0.15) is 44.4 Å². The molecular formula is C15H23NO2S. The first kappa shape index (κ1) is 14.5. The molecule has 1 fully saturated rings. The highest BCUT2D eigenvalue weighted by molar-refractivity contribution is 7.09. The molecule has 0 aliphatic heterocycles. The lowest BCUT2D eigenvalue weighted by Gasteiger charge is -2.48. The lowest BCUT2D eigenvalue weighted by atomic mass is 9.63. The largest absolute Gasteiger partial charge is 0.468 e. The fraction of sp³-hybridized carbons (Fsp3) is 0.667. The Bertz CT molecular complexity index is 427. The van der Waals surface area contributed by atoms with Crippen LogP contribution in [0.15, 0.2) is 17.5 Å². The van der Waals surface area contributed by atoms with E-state index in [9.17, 15) is 4.79 Å². The highest BCUT2D eigenvalue weighted by Crippen LogP contribution is 2.44. The third-order valence-corrected chi connectivity index (χ3v) is 5.31. The summed E-state index contributed by atoms with van der Waals surface area (Å²) in [5, 5.41) is 5.58. The molecule has 4 heteroatoms. The van der Waals surface area contributed by atoms with Crippen LogP contribution in [0.2, 0.25) is 0 Å². The number of nitrogens with one attached hydrogen (secondary N) is 1. The third kappa shape index (κ3) is 2.70. The van der Waals surface area contributed by atoms with Gasteiger partial charge in [-0.2, -0.15) is 0 Å². The maximum absolute atomic E-state index is 12.4. The minimum Gasteiger partial charge on any atom is -0.468 e. The first-order valence-corrected chi connectivity index (χ1v) is 7.76. The van der Waals surface area contributed by atoms with E-state index < -0.39 is 5.54 Å². The number of methoxy groups -OCH3 is 1. The van der Waals surface area contributed by atoms with Gasteiger partial charge in [0.2, 0.25) is 0 Å². The van der Waals surface area contributed by atoms with Crippen LogP contribution < -0.4 is 5.32 Å². The quantitative estimate of drug-likeness (QED) is 0.860. The molecule has 1 heterocycles. The fourth-order valence-corrected chi connectivity index (χ4v) is 3.76. The highest BCUT2D eigenvalue weighted by Gasteiger charge is 2.52. The molecule has 106 valence electrons. The maximum atomic E-state index is 12.4. The van der Waals surface area contributed by atoms with Crippen LogP contribution in [0.25, 0.3) is 0 Å².